The Bertz CT molecular complexity index is 639. The van der Waals surface area contributed by atoms with Gasteiger partial charge in [-0.2, -0.15) is 0 Å². The Morgan fingerprint density at radius 3 is 2.76 bits per heavy atom. The number of hydrogen-bond acceptors (Lipinski definition) is 4. The third-order valence-electron chi connectivity index (χ3n) is 4.96. The van der Waals surface area contributed by atoms with Gasteiger partial charge in [0.05, 0.1) is 6.54 Å². The summed E-state index contributed by atoms with van der Waals surface area (Å²) in [7, 11) is 3.85. The maximum atomic E-state index is 11.8. The molecule has 2 rings (SSSR count). The molecule has 7 nitrogen and oxygen atoms in total. The first-order chi connectivity index (χ1) is 13.6. The van der Waals surface area contributed by atoms with Gasteiger partial charge in [0, 0.05) is 45.3 Å². The largest absolute Gasteiger partial charge is 0.357 e. The van der Waals surface area contributed by atoms with E-state index in [9.17, 15) is 4.79 Å². The lowest BCUT2D eigenvalue weighted by molar-refractivity contribution is 0.0963. The van der Waals surface area contributed by atoms with E-state index >= 15 is 0 Å². The van der Waals surface area contributed by atoms with Crippen LogP contribution in [0.25, 0.3) is 0 Å². The normalized spacial score (nSPS) is 15.9. The minimum atomic E-state index is -0.0515. The van der Waals surface area contributed by atoms with Crippen molar-refractivity contribution in [1.82, 2.24) is 25.8 Å². The van der Waals surface area contributed by atoms with Crippen molar-refractivity contribution in [2.75, 3.05) is 66.5 Å². The molecule has 1 aliphatic heterocycles. The second kappa shape index (κ2) is 14.6. The number of carbonyl (C=O) groups excluding carboxylic acids is 1. The molecular formula is C21H37IN6O. The number of halogens is 1. The zero-order valence-corrected chi connectivity index (χ0v) is 20.4. The molecule has 0 bridgehead atoms. The van der Waals surface area contributed by atoms with E-state index in [2.05, 4.69) is 45.8 Å². The summed E-state index contributed by atoms with van der Waals surface area (Å²) in [6, 6.07) is 7.76. The highest BCUT2D eigenvalue weighted by Gasteiger charge is 2.11. The lowest BCUT2D eigenvalue weighted by Crippen LogP contribution is -2.39. The predicted octanol–water partition coefficient (Wildman–Crippen LogP) is 1.40. The molecule has 1 aromatic carbocycles. The van der Waals surface area contributed by atoms with E-state index < -0.39 is 0 Å². The second-order valence-corrected chi connectivity index (χ2v) is 7.22. The van der Waals surface area contributed by atoms with Crippen molar-refractivity contribution in [3.63, 3.8) is 0 Å². The van der Waals surface area contributed by atoms with Crippen LogP contribution in [-0.4, -0.2) is 88.1 Å². The van der Waals surface area contributed by atoms with Gasteiger partial charge in [0.15, 0.2) is 5.96 Å². The van der Waals surface area contributed by atoms with Crippen LogP contribution in [0.4, 0.5) is 0 Å². The molecule has 1 heterocycles. The number of guanidine groups is 1. The van der Waals surface area contributed by atoms with Gasteiger partial charge < -0.3 is 25.8 Å². The van der Waals surface area contributed by atoms with E-state index in [0.717, 1.165) is 63.8 Å². The first kappa shape index (κ1) is 25.6. The Balaban J connectivity index is 0.00000420. The molecule has 3 N–H and O–H groups in total. The van der Waals surface area contributed by atoms with Gasteiger partial charge in [-0.3, -0.25) is 9.79 Å². The van der Waals surface area contributed by atoms with Crippen LogP contribution in [0.5, 0.6) is 0 Å². The average Bonchev–Trinajstić information content (AvgIpc) is 2.92. The highest BCUT2D eigenvalue weighted by molar-refractivity contribution is 14.0. The number of rotatable bonds is 8. The number of nitrogens with zero attached hydrogens (tertiary/aromatic N) is 3. The van der Waals surface area contributed by atoms with Crippen LogP contribution in [0, 0.1) is 0 Å². The van der Waals surface area contributed by atoms with Crippen LogP contribution in [-0.2, 0) is 6.42 Å². The Hall–Kier alpha value is -1.39. The summed E-state index contributed by atoms with van der Waals surface area (Å²) in [6.07, 6.45) is 2.07. The predicted molar refractivity (Wildman–Crippen MR) is 131 cm³/mol. The van der Waals surface area contributed by atoms with Crippen molar-refractivity contribution in [3.05, 3.63) is 35.4 Å². The summed E-state index contributed by atoms with van der Waals surface area (Å²) in [6.45, 7) is 10.1. The topological polar surface area (TPSA) is 72.0 Å². The Morgan fingerprint density at radius 2 is 2.00 bits per heavy atom. The maximum absolute atomic E-state index is 11.8. The molecule has 8 heteroatoms. The lowest BCUT2D eigenvalue weighted by Gasteiger charge is -2.19. The van der Waals surface area contributed by atoms with Gasteiger partial charge in [-0.1, -0.05) is 12.1 Å². The van der Waals surface area contributed by atoms with Gasteiger partial charge >= 0.3 is 0 Å². The smallest absolute Gasteiger partial charge is 0.251 e. The highest BCUT2D eigenvalue weighted by Crippen LogP contribution is 2.05. The number of benzene rings is 1. The number of aliphatic imine (C=N–C) groups is 1. The number of nitrogens with one attached hydrogen (secondary N) is 3. The van der Waals surface area contributed by atoms with Crippen LogP contribution in [0.3, 0.4) is 0 Å². The summed E-state index contributed by atoms with van der Waals surface area (Å²) in [5, 5.41) is 9.38. The third kappa shape index (κ3) is 9.77. The second-order valence-electron chi connectivity index (χ2n) is 7.22. The van der Waals surface area contributed by atoms with E-state index in [-0.39, 0.29) is 29.9 Å². The molecule has 0 unspecified atom stereocenters. The van der Waals surface area contributed by atoms with Crippen molar-refractivity contribution < 1.29 is 4.79 Å². The molecule has 1 aromatic rings. The van der Waals surface area contributed by atoms with Crippen molar-refractivity contribution in [1.29, 1.82) is 0 Å². The minimum absolute atomic E-state index is 0. The standard InChI is InChI=1S/C21H36N6O.HI/c1-4-23-21(25-11-14-27-13-6-12-26(3)15-16-27)24-10-9-18-7-5-8-19(17-18)20(28)22-2;/h5,7-8,17H,4,6,9-16H2,1-3H3,(H,22,28)(H2,23,24,25);1H. The summed E-state index contributed by atoms with van der Waals surface area (Å²) >= 11 is 0. The van der Waals surface area contributed by atoms with Crippen molar-refractivity contribution in [2.24, 2.45) is 4.99 Å². The Morgan fingerprint density at radius 1 is 1.17 bits per heavy atom. The van der Waals surface area contributed by atoms with Crippen molar-refractivity contribution in [3.8, 4) is 0 Å². The van der Waals surface area contributed by atoms with Crippen molar-refractivity contribution >= 4 is 35.8 Å². The monoisotopic (exact) mass is 516 g/mol. The minimum Gasteiger partial charge on any atom is -0.357 e. The number of amides is 1. The molecule has 0 aliphatic carbocycles. The zero-order valence-electron chi connectivity index (χ0n) is 18.0. The van der Waals surface area contributed by atoms with Crippen molar-refractivity contribution in [2.45, 2.75) is 19.8 Å². The number of likely N-dealkylation sites (N-methyl/N-ethyl adjacent to an activating group) is 1. The van der Waals surface area contributed by atoms with Gasteiger partial charge in [0.2, 0.25) is 0 Å². The van der Waals surface area contributed by atoms with E-state index in [0.29, 0.717) is 5.56 Å². The molecule has 164 valence electrons. The molecule has 1 aliphatic rings. The Labute approximate surface area is 192 Å². The summed E-state index contributed by atoms with van der Waals surface area (Å²) in [5.74, 6) is 0.807. The molecule has 0 spiro atoms. The molecule has 1 saturated heterocycles. The van der Waals surface area contributed by atoms with Gasteiger partial charge in [0.1, 0.15) is 0 Å². The quantitative estimate of drug-likeness (QED) is 0.277. The van der Waals surface area contributed by atoms with E-state index in [1.54, 1.807) is 7.05 Å². The molecule has 0 radical (unpaired) electrons. The molecule has 1 fully saturated rings. The molecule has 29 heavy (non-hydrogen) atoms. The van der Waals surface area contributed by atoms with E-state index in [4.69, 9.17) is 4.99 Å². The van der Waals surface area contributed by atoms with Crippen LogP contribution >= 0.6 is 24.0 Å². The van der Waals surface area contributed by atoms with Gasteiger partial charge in [-0.15, -0.1) is 24.0 Å². The average molecular weight is 516 g/mol. The molecular weight excluding hydrogens is 479 g/mol. The van der Waals surface area contributed by atoms with Gasteiger partial charge in [0.25, 0.3) is 5.91 Å². The Kier molecular flexibility index (Phi) is 12.9. The number of hydrogen-bond donors (Lipinski definition) is 3. The van der Waals surface area contributed by atoms with E-state index in [1.165, 1.54) is 13.0 Å². The fourth-order valence-corrected chi connectivity index (χ4v) is 3.31. The first-order valence-corrected chi connectivity index (χ1v) is 10.4. The highest BCUT2D eigenvalue weighted by atomic mass is 127. The zero-order chi connectivity index (χ0) is 20.2. The molecule has 0 atom stereocenters. The first-order valence-electron chi connectivity index (χ1n) is 10.4. The fourth-order valence-electron chi connectivity index (χ4n) is 3.31. The molecule has 0 saturated carbocycles. The summed E-state index contributed by atoms with van der Waals surface area (Å²) in [5.41, 5.74) is 1.84. The maximum Gasteiger partial charge on any atom is 0.251 e. The summed E-state index contributed by atoms with van der Waals surface area (Å²) in [4.78, 5) is 21.4. The van der Waals surface area contributed by atoms with E-state index in [1.807, 2.05) is 18.2 Å². The summed E-state index contributed by atoms with van der Waals surface area (Å²) < 4.78 is 0. The third-order valence-corrected chi connectivity index (χ3v) is 4.96. The van der Waals surface area contributed by atoms with Gasteiger partial charge in [-0.05, 0) is 57.6 Å². The molecule has 1 amide bonds. The van der Waals surface area contributed by atoms with Crippen LogP contribution in [0.2, 0.25) is 0 Å². The fraction of sp³-hybridized carbons (Fsp3) is 0.619. The molecule has 0 aromatic heterocycles. The number of carbonyl (C=O) groups is 1. The van der Waals surface area contributed by atoms with Crippen LogP contribution < -0.4 is 16.0 Å². The van der Waals surface area contributed by atoms with Crippen LogP contribution in [0.15, 0.2) is 29.3 Å². The lowest BCUT2D eigenvalue weighted by atomic mass is 10.1. The SMILES string of the molecule is CCNC(=NCCN1CCCN(C)CC1)NCCc1cccc(C(=O)NC)c1.I. The van der Waals surface area contributed by atoms with Gasteiger partial charge in [-0.25, -0.2) is 0 Å². The van der Waals surface area contributed by atoms with Crippen LogP contribution in [0.1, 0.15) is 29.3 Å².